The molecule has 1 heterocycles. The van der Waals surface area contributed by atoms with Crippen LogP contribution in [0.2, 0.25) is 17.6 Å². The fourth-order valence-electron chi connectivity index (χ4n) is 4.94. The summed E-state index contributed by atoms with van der Waals surface area (Å²) in [6.07, 6.45) is 16.4. The zero-order valence-electron chi connectivity index (χ0n) is 13.7. The van der Waals surface area contributed by atoms with Crippen LogP contribution in [-0.4, -0.2) is 8.07 Å². The predicted molar refractivity (Wildman–Crippen MR) is 88.6 cm³/mol. The predicted octanol–water partition coefficient (Wildman–Crippen LogP) is -4.52. The Hall–Kier alpha value is 0.501. The monoisotopic (exact) mass is 432 g/mol. The van der Waals surface area contributed by atoms with E-state index >= 15 is 0 Å². The molecule has 1 saturated heterocycles. The van der Waals surface area contributed by atoms with E-state index in [1.54, 1.807) is 5.19 Å². The number of halogens is 3. The molecular formula is C19H23Cl3SiTi. The van der Waals surface area contributed by atoms with Crippen molar-refractivity contribution in [2.24, 2.45) is 11.8 Å². The van der Waals surface area contributed by atoms with Crippen LogP contribution in [0.1, 0.15) is 19.3 Å². The Balaban J connectivity index is 0.00000132. The van der Waals surface area contributed by atoms with Gasteiger partial charge in [-0.05, 0) is 11.8 Å². The van der Waals surface area contributed by atoms with Crippen molar-refractivity contribution in [1.82, 2.24) is 0 Å². The quantitative estimate of drug-likeness (QED) is 0.326. The maximum Gasteiger partial charge on any atom is 4.00 e. The van der Waals surface area contributed by atoms with Gasteiger partial charge in [0.1, 0.15) is 0 Å². The van der Waals surface area contributed by atoms with Crippen molar-refractivity contribution in [1.29, 1.82) is 0 Å². The molecule has 1 aromatic rings. The topological polar surface area (TPSA) is 0 Å². The molecule has 0 amide bonds. The second-order valence-electron chi connectivity index (χ2n) is 6.74. The molecule has 0 nitrogen and oxygen atoms in total. The zero-order chi connectivity index (χ0) is 13.4. The second kappa shape index (κ2) is 10.6. The first-order chi connectivity index (χ1) is 9.90. The van der Waals surface area contributed by atoms with E-state index in [1.807, 2.05) is 0 Å². The van der Waals surface area contributed by atoms with Crippen molar-refractivity contribution < 1.29 is 58.9 Å². The normalized spacial score (nSPS) is 28.6. The molecule has 2 aliphatic carbocycles. The molecule has 3 aliphatic rings. The number of rotatable bonds is 2. The number of benzene rings is 1. The molecule has 1 aliphatic heterocycles. The summed E-state index contributed by atoms with van der Waals surface area (Å²) in [6.45, 7) is 0. The first-order valence-electron chi connectivity index (χ1n) is 8.14. The molecule has 4 rings (SSSR count). The third-order valence-corrected chi connectivity index (χ3v) is 11.7. The Morgan fingerprint density at radius 3 is 2.17 bits per heavy atom. The van der Waals surface area contributed by atoms with Crippen molar-refractivity contribution in [2.75, 3.05) is 0 Å². The molecule has 5 heteroatoms. The summed E-state index contributed by atoms with van der Waals surface area (Å²) in [5.41, 5.74) is 0.874. The largest absolute Gasteiger partial charge is 4.00 e. The van der Waals surface area contributed by atoms with Crippen LogP contribution in [-0.2, 0) is 21.7 Å². The van der Waals surface area contributed by atoms with E-state index in [9.17, 15) is 0 Å². The van der Waals surface area contributed by atoms with Crippen molar-refractivity contribution >= 4 is 13.3 Å². The van der Waals surface area contributed by atoms with E-state index in [2.05, 4.69) is 61.1 Å². The van der Waals surface area contributed by atoms with Crippen LogP contribution in [0.5, 0.6) is 0 Å². The standard InChI is InChI=1S/C19H23Si.3ClH.Ti/c1-2-9-17(10-3-1)20(14-6-7-15-20)19-13-12-16-8-4-5-11-18(16)19;;;;/h1-5,8-11,13,16,18-19H,6-7,12,14-15H2;3*1H;/q-1;;;;+4/p-3. The van der Waals surface area contributed by atoms with E-state index in [1.165, 1.54) is 31.4 Å². The van der Waals surface area contributed by atoms with E-state index < -0.39 is 8.07 Å². The van der Waals surface area contributed by atoms with Gasteiger partial charge in [0.2, 0.25) is 0 Å². The zero-order valence-corrected chi connectivity index (χ0v) is 18.5. The Kier molecular flexibility index (Phi) is 10.8. The molecule has 0 radical (unpaired) electrons. The molecule has 3 unspecified atom stereocenters. The van der Waals surface area contributed by atoms with E-state index in [4.69, 9.17) is 0 Å². The average Bonchev–Trinajstić information content (AvgIpc) is 3.15. The van der Waals surface area contributed by atoms with Gasteiger partial charge in [0.25, 0.3) is 0 Å². The van der Waals surface area contributed by atoms with Crippen LogP contribution >= 0.6 is 0 Å². The number of hydrogen-bond acceptors (Lipinski definition) is 0. The second-order valence-corrected chi connectivity index (χ2v) is 11.3. The minimum Gasteiger partial charge on any atom is -1.00 e. The summed E-state index contributed by atoms with van der Waals surface area (Å²) in [6, 6.07) is 14.6. The van der Waals surface area contributed by atoms with Crippen LogP contribution in [0.15, 0.2) is 54.6 Å². The van der Waals surface area contributed by atoms with Gasteiger partial charge < -0.3 is 43.6 Å². The Morgan fingerprint density at radius 1 is 0.875 bits per heavy atom. The molecule has 0 N–H and O–H groups in total. The van der Waals surface area contributed by atoms with Gasteiger partial charge in [0.05, 0.1) is 8.07 Å². The minimum absolute atomic E-state index is 0. The fourth-order valence-corrected chi connectivity index (χ4v) is 11.1. The Bertz CT molecular complexity index is 541. The molecule has 128 valence electrons. The van der Waals surface area contributed by atoms with Gasteiger partial charge in [-0.3, -0.25) is 0 Å². The van der Waals surface area contributed by atoms with Gasteiger partial charge in [-0.2, -0.15) is 12.0 Å². The van der Waals surface area contributed by atoms with Gasteiger partial charge in [0.15, 0.2) is 0 Å². The van der Waals surface area contributed by atoms with E-state index in [0.717, 1.165) is 17.4 Å². The van der Waals surface area contributed by atoms with Gasteiger partial charge in [-0.15, -0.1) is 0 Å². The summed E-state index contributed by atoms with van der Waals surface area (Å²) >= 11 is 0. The number of fused-ring (bicyclic) bond motifs is 1. The molecule has 24 heavy (non-hydrogen) atoms. The summed E-state index contributed by atoms with van der Waals surface area (Å²) in [7, 11) is -1.32. The average molecular weight is 434 g/mol. The van der Waals surface area contributed by atoms with Gasteiger partial charge in [-0.25, -0.2) is 0 Å². The number of hydrogen-bond donors (Lipinski definition) is 0. The van der Waals surface area contributed by atoms with Crippen molar-refractivity contribution in [2.45, 2.75) is 36.9 Å². The molecule has 1 saturated carbocycles. The maximum atomic E-state index is 2.71. The Labute approximate surface area is 181 Å². The SMILES string of the molecule is C1=CC2C[CH-]C([Si]3(c4ccccc4)CCCC3)C2C=C1.[Cl-].[Cl-].[Cl-].[Ti+4]. The first kappa shape index (κ1) is 24.5. The molecule has 1 aromatic carbocycles. The molecular weight excluding hydrogens is 411 g/mol. The maximum absolute atomic E-state index is 2.71. The van der Waals surface area contributed by atoms with Crippen molar-refractivity contribution in [3.63, 3.8) is 0 Å². The molecule has 0 aromatic heterocycles. The number of allylic oxidation sites excluding steroid dienone is 4. The third-order valence-electron chi connectivity index (χ3n) is 5.86. The smallest absolute Gasteiger partial charge is 1.00 e. The first-order valence-corrected chi connectivity index (χ1v) is 10.6. The van der Waals surface area contributed by atoms with Crippen LogP contribution in [0.3, 0.4) is 0 Å². The van der Waals surface area contributed by atoms with Crippen LogP contribution < -0.4 is 42.4 Å². The summed E-state index contributed by atoms with van der Waals surface area (Å²) in [4.78, 5) is 0. The third kappa shape index (κ3) is 4.25. The summed E-state index contributed by atoms with van der Waals surface area (Å²) in [5.74, 6) is 1.59. The van der Waals surface area contributed by atoms with E-state index in [0.29, 0.717) is 0 Å². The fraction of sp³-hybridized carbons (Fsp3) is 0.421. The minimum atomic E-state index is -1.32. The summed E-state index contributed by atoms with van der Waals surface area (Å²) in [5, 5.41) is 1.72. The Morgan fingerprint density at radius 2 is 1.50 bits per heavy atom. The van der Waals surface area contributed by atoms with Gasteiger partial charge >= 0.3 is 21.7 Å². The molecule has 0 bridgehead atoms. The van der Waals surface area contributed by atoms with Crippen LogP contribution in [0.4, 0.5) is 0 Å². The van der Waals surface area contributed by atoms with E-state index in [-0.39, 0.29) is 58.9 Å². The summed E-state index contributed by atoms with van der Waals surface area (Å²) < 4.78 is 0. The van der Waals surface area contributed by atoms with Crippen LogP contribution in [0.25, 0.3) is 0 Å². The molecule has 2 fully saturated rings. The van der Waals surface area contributed by atoms with Crippen molar-refractivity contribution in [3.8, 4) is 0 Å². The molecule has 0 spiro atoms. The molecule has 3 atom stereocenters. The van der Waals surface area contributed by atoms with Gasteiger partial charge in [-0.1, -0.05) is 84.8 Å². The van der Waals surface area contributed by atoms with Crippen molar-refractivity contribution in [3.05, 3.63) is 61.1 Å². The van der Waals surface area contributed by atoms with Crippen LogP contribution in [0, 0.1) is 18.3 Å². The van der Waals surface area contributed by atoms with Gasteiger partial charge in [0, 0.05) is 0 Å².